The van der Waals surface area contributed by atoms with E-state index in [0.717, 1.165) is 28.5 Å². The lowest BCUT2D eigenvalue weighted by Crippen LogP contribution is -2.39. The Morgan fingerprint density at radius 1 is 0.969 bits per heavy atom. The number of nitrogens with one attached hydrogen (secondary N) is 2. The molecule has 0 spiro atoms. The van der Waals surface area contributed by atoms with E-state index in [2.05, 4.69) is 28.3 Å². The molecule has 32 heavy (non-hydrogen) atoms. The topological polar surface area (TPSA) is 78.1 Å². The number of aryl methyl sites for hydroxylation is 1. The van der Waals surface area contributed by atoms with Crippen LogP contribution in [0.3, 0.4) is 0 Å². The SMILES string of the molecule is CCc1ccc2[nH]c(=O)c(CN(Cc3cccnc3)C(=O)NCc3ccccc3)cc2c1. The standard InChI is InChI=1S/C26H26N4O2/c1-2-19-10-11-24-22(13-19)14-23(25(31)29-24)18-30(17-21-9-6-12-27-15-21)26(32)28-16-20-7-4-3-5-8-20/h3-15H,2,16-18H2,1H3,(H,28,32)(H,29,31). The first-order chi connectivity index (χ1) is 15.6. The zero-order chi connectivity index (χ0) is 22.3. The smallest absolute Gasteiger partial charge is 0.318 e. The predicted molar refractivity (Wildman–Crippen MR) is 126 cm³/mol. The van der Waals surface area contributed by atoms with E-state index in [1.807, 2.05) is 60.7 Å². The summed E-state index contributed by atoms with van der Waals surface area (Å²) in [6.45, 7) is 3.05. The van der Waals surface area contributed by atoms with Crippen LogP contribution >= 0.6 is 0 Å². The first kappa shape index (κ1) is 21.3. The monoisotopic (exact) mass is 426 g/mol. The Morgan fingerprint density at radius 2 is 1.78 bits per heavy atom. The molecule has 0 aliphatic heterocycles. The maximum atomic E-state index is 13.1. The fourth-order valence-electron chi connectivity index (χ4n) is 3.64. The lowest BCUT2D eigenvalue weighted by atomic mass is 10.1. The van der Waals surface area contributed by atoms with Gasteiger partial charge < -0.3 is 15.2 Å². The number of amides is 2. The van der Waals surface area contributed by atoms with Gasteiger partial charge in [0.25, 0.3) is 5.56 Å². The molecule has 2 aromatic carbocycles. The van der Waals surface area contributed by atoms with Crippen molar-refractivity contribution in [1.82, 2.24) is 20.2 Å². The van der Waals surface area contributed by atoms with Crippen LogP contribution < -0.4 is 10.9 Å². The van der Waals surface area contributed by atoms with Crippen molar-refractivity contribution in [2.75, 3.05) is 0 Å². The minimum atomic E-state index is -0.237. The molecule has 0 saturated carbocycles. The van der Waals surface area contributed by atoms with E-state index in [1.165, 1.54) is 5.56 Å². The van der Waals surface area contributed by atoms with Crippen molar-refractivity contribution >= 4 is 16.9 Å². The average Bonchev–Trinajstić information content (AvgIpc) is 2.83. The molecule has 0 aliphatic carbocycles. The van der Waals surface area contributed by atoms with Gasteiger partial charge in [0.15, 0.2) is 0 Å². The summed E-state index contributed by atoms with van der Waals surface area (Å²) in [4.78, 5) is 34.6. The molecule has 2 heterocycles. The van der Waals surface area contributed by atoms with Crippen molar-refractivity contribution in [3.8, 4) is 0 Å². The van der Waals surface area contributed by atoms with Gasteiger partial charge in [-0.15, -0.1) is 0 Å². The molecule has 2 amide bonds. The van der Waals surface area contributed by atoms with Gasteiger partial charge in [0, 0.05) is 36.6 Å². The van der Waals surface area contributed by atoms with E-state index in [-0.39, 0.29) is 18.1 Å². The second-order valence-electron chi connectivity index (χ2n) is 7.76. The molecule has 0 fully saturated rings. The van der Waals surface area contributed by atoms with Crippen LogP contribution in [0.15, 0.2) is 83.9 Å². The summed E-state index contributed by atoms with van der Waals surface area (Å²) >= 11 is 0. The first-order valence-corrected chi connectivity index (χ1v) is 10.7. The molecule has 162 valence electrons. The molecule has 2 aromatic heterocycles. The number of H-pyrrole nitrogens is 1. The van der Waals surface area contributed by atoms with Gasteiger partial charge in [-0.05, 0) is 52.8 Å². The van der Waals surface area contributed by atoms with E-state index in [1.54, 1.807) is 17.3 Å². The fourth-order valence-corrected chi connectivity index (χ4v) is 3.64. The Morgan fingerprint density at radius 3 is 2.53 bits per heavy atom. The van der Waals surface area contributed by atoms with Gasteiger partial charge in [-0.2, -0.15) is 0 Å². The van der Waals surface area contributed by atoms with Crippen LogP contribution in [0.2, 0.25) is 0 Å². The Kier molecular flexibility index (Phi) is 6.60. The minimum absolute atomic E-state index is 0.186. The maximum absolute atomic E-state index is 13.1. The Hall–Kier alpha value is -3.93. The lowest BCUT2D eigenvalue weighted by molar-refractivity contribution is 0.191. The third kappa shape index (κ3) is 5.21. The van der Waals surface area contributed by atoms with Crippen LogP contribution in [0.4, 0.5) is 4.79 Å². The highest BCUT2D eigenvalue weighted by molar-refractivity contribution is 5.80. The van der Waals surface area contributed by atoms with Crippen LogP contribution in [0.5, 0.6) is 0 Å². The molecule has 0 saturated heterocycles. The number of pyridine rings is 2. The van der Waals surface area contributed by atoms with Crippen molar-refractivity contribution in [3.05, 3.63) is 112 Å². The quantitative estimate of drug-likeness (QED) is 0.460. The number of benzene rings is 2. The summed E-state index contributed by atoms with van der Waals surface area (Å²) in [6, 6.07) is 21.2. The summed E-state index contributed by atoms with van der Waals surface area (Å²) in [5, 5.41) is 3.93. The van der Waals surface area contributed by atoms with E-state index in [0.29, 0.717) is 18.7 Å². The third-order valence-electron chi connectivity index (χ3n) is 5.43. The summed E-state index contributed by atoms with van der Waals surface area (Å²) in [7, 11) is 0. The van der Waals surface area contributed by atoms with Crippen molar-refractivity contribution in [3.63, 3.8) is 0 Å². The summed E-state index contributed by atoms with van der Waals surface area (Å²) < 4.78 is 0. The van der Waals surface area contributed by atoms with Crippen LogP contribution in [-0.2, 0) is 26.1 Å². The molecular weight excluding hydrogens is 400 g/mol. The molecule has 0 radical (unpaired) electrons. The molecule has 0 aliphatic rings. The zero-order valence-electron chi connectivity index (χ0n) is 18.0. The second kappa shape index (κ2) is 9.92. The van der Waals surface area contributed by atoms with E-state index >= 15 is 0 Å². The van der Waals surface area contributed by atoms with Crippen LogP contribution in [-0.4, -0.2) is 20.9 Å². The summed E-state index contributed by atoms with van der Waals surface area (Å²) in [5.41, 5.74) is 4.26. The maximum Gasteiger partial charge on any atom is 0.318 e. The molecule has 0 bridgehead atoms. The number of aromatic amines is 1. The molecule has 0 atom stereocenters. The second-order valence-corrected chi connectivity index (χ2v) is 7.76. The highest BCUT2D eigenvalue weighted by atomic mass is 16.2. The molecule has 4 aromatic rings. The van der Waals surface area contributed by atoms with Crippen LogP contribution in [0, 0.1) is 0 Å². The van der Waals surface area contributed by atoms with Crippen LogP contribution in [0.1, 0.15) is 29.2 Å². The average molecular weight is 427 g/mol. The summed E-state index contributed by atoms with van der Waals surface area (Å²) in [5.74, 6) is 0. The van der Waals surface area contributed by atoms with Gasteiger partial charge in [-0.1, -0.05) is 49.4 Å². The number of hydrogen-bond acceptors (Lipinski definition) is 3. The largest absolute Gasteiger partial charge is 0.334 e. The molecule has 6 nitrogen and oxygen atoms in total. The minimum Gasteiger partial charge on any atom is -0.334 e. The number of aromatic nitrogens is 2. The van der Waals surface area contributed by atoms with E-state index < -0.39 is 0 Å². The zero-order valence-corrected chi connectivity index (χ0v) is 18.0. The first-order valence-electron chi connectivity index (χ1n) is 10.7. The Balaban J connectivity index is 1.59. The van der Waals surface area contributed by atoms with Gasteiger partial charge in [0.1, 0.15) is 0 Å². The normalized spacial score (nSPS) is 10.8. The number of urea groups is 1. The van der Waals surface area contributed by atoms with Gasteiger partial charge in [-0.3, -0.25) is 9.78 Å². The van der Waals surface area contributed by atoms with Crippen molar-refractivity contribution in [1.29, 1.82) is 0 Å². The Bertz CT molecular complexity index is 1250. The highest BCUT2D eigenvalue weighted by Crippen LogP contribution is 2.16. The van der Waals surface area contributed by atoms with Crippen molar-refractivity contribution in [2.24, 2.45) is 0 Å². The highest BCUT2D eigenvalue weighted by Gasteiger charge is 2.17. The molecule has 0 unspecified atom stereocenters. The fraction of sp³-hybridized carbons (Fsp3) is 0.192. The number of nitrogens with zero attached hydrogens (tertiary/aromatic N) is 2. The van der Waals surface area contributed by atoms with Crippen LogP contribution in [0.25, 0.3) is 10.9 Å². The van der Waals surface area contributed by atoms with Gasteiger partial charge in [-0.25, -0.2) is 4.79 Å². The predicted octanol–water partition coefficient (Wildman–Crippen LogP) is 4.40. The summed E-state index contributed by atoms with van der Waals surface area (Å²) in [6.07, 6.45) is 4.34. The Labute approximate surface area is 186 Å². The van der Waals surface area contributed by atoms with Gasteiger partial charge >= 0.3 is 6.03 Å². The number of fused-ring (bicyclic) bond motifs is 1. The molecule has 4 rings (SSSR count). The van der Waals surface area contributed by atoms with Crippen molar-refractivity contribution < 1.29 is 4.79 Å². The lowest BCUT2D eigenvalue weighted by Gasteiger charge is -2.23. The number of hydrogen-bond donors (Lipinski definition) is 2. The van der Waals surface area contributed by atoms with Gasteiger partial charge in [0.05, 0.1) is 6.54 Å². The van der Waals surface area contributed by atoms with E-state index in [9.17, 15) is 9.59 Å². The molecule has 2 N–H and O–H groups in total. The molecule has 6 heteroatoms. The molecular formula is C26H26N4O2. The third-order valence-corrected chi connectivity index (χ3v) is 5.43. The van der Waals surface area contributed by atoms with E-state index in [4.69, 9.17) is 0 Å². The van der Waals surface area contributed by atoms with Gasteiger partial charge in [0.2, 0.25) is 0 Å². The number of carbonyl (C=O) groups excluding carboxylic acids is 1. The van der Waals surface area contributed by atoms with Crippen molar-refractivity contribution in [2.45, 2.75) is 33.0 Å². The number of rotatable bonds is 7. The number of carbonyl (C=O) groups is 1.